The van der Waals surface area contributed by atoms with E-state index < -0.39 is 23.3 Å². The van der Waals surface area contributed by atoms with Gasteiger partial charge in [-0.25, -0.2) is 9.69 Å². The van der Waals surface area contributed by atoms with E-state index in [0.717, 1.165) is 4.90 Å². The van der Waals surface area contributed by atoms with E-state index >= 15 is 0 Å². The Morgan fingerprint density at radius 1 is 1.17 bits per heavy atom. The maximum atomic E-state index is 11.8. The van der Waals surface area contributed by atoms with E-state index in [1.54, 1.807) is 20.8 Å². The molecular weight excluding hydrogens is 236 g/mol. The summed E-state index contributed by atoms with van der Waals surface area (Å²) in [7, 11) is 0. The molecule has 6 heteroatoms. The molecule has 1 aliphatic rings. The van der Waals surface area contributed by atoms with Gasteiger partial charge in [0.05, 0.1) is 6.54 Å². The van der Waals surface area contributed by atoms with Crippen molar-refractivity contribution in [3.63, 3.8) is 0 Å². The summed E-state index contributed by atoms with van der Waals surface area (Å²) in [5.74, 6) is -2.15. The molecule has 0 saturated carbocycles. The molecule has 0 unspecified atom stereocenters. The average Bonchev–Trinajstić information content (AvgIpc) is 2.45. The van der Waals surface area contributed by atoms with Crippen LogP contribution in [0.3, 0.4) is 0 Å². The van der Waals surface area contributed by atoms with Crippen LogP contribution in [0, 0.1) is 5.41 Å². The average molecular weight is 252 g/mol. The molecule has 0 atom stereocenters. The Hall–Kier alpha value is -1.98. The number of hydrogen-bond donors (Lipinski definition) is 0. The first kappa shape index (κ1) is 14.1. The Kier molecular flexibility index (Phi) is 3.69. The van der Waals surface area contributed by atoms with Gasteiger partial charge >= 0.3 is 17.8 Å². The number of urea groups is 1. The number of nitrogens with zero attached hydrogens (tertiary/aromatic N) is 2. The Morgan fingerprint density at radius 2 is 1.67 bits per heavy atom. The quantitative estimate of drug-likeness (QED) is 0.416. The zero-order valence-electron chi connectivity index (χ0n) is 10.7. The second kappa shape index (κ2) is 4.72. The van der Waals surface area contributed by atoms with E-state index in [1.165, 1.54) is 6.08 Å². The van der Waals surface area contributed by atoms with E-state index in [1.807, 2.05) is 0 Å². The molecule has 0 bridgehead atoms. The Morgan fingerprint density at radius 3 is 2.11 bits per heavy atom. The summed E-state index contributed by atoms with van der Waals surface area (Å²) in [5, 5.41) is 0. The maximum absolute atomic E-state index is 11.8. The van der Waals surface area contributed by atoms with Crippen LogP contribution in [0.4, 0.5) is 4.79 Å². The van der Waals surface area contributed by atoms with E-state index in [2.05, 4.69) is 6.58 Å². The van der Waals surface area contributed by atoms with Gasteiger partial charge in [-0.15, -0.1) is 6.58 Å². The summed E-state index contributed by atoms with van der Waals surface area (Å²) in [6.07, 6.45) is 1.35. The van der Waals surface area contributed by atoms with Crippen molar-refractivity contribution in [3.8, 4) is 0 Å². The van der Waals surface area contributed by atoms with Crippen molar-refractivity contribution in [1.29, 1.82) is 0 Å². The molecule has 0 aromatic carbocycles. The molecule has 1 rings (SSSR count). The highest BCUT2D eigenvalue weighted by atomic mass is 16.2. The smallest absolute Gasteiger partial charge is 0.297 e. The molecule has 1 fully saturated rings. The Bertz CT molecular complexity index is 434. The summed E-state index contributed by atoms with van der Waals surface area (Å²) >= 11 is 0. The third-order valence-electron chi connectivity index (χ3n) is 2.58. The largest absolute Gasteiger partial charge is 0.334 e. The Labute approximate surface area is 105 Å². The molecule has 0 N–H and O–H groups in total. The number of Topliss-reactive ketones (excluding diaryl/α,β-unsaturated/α-hetero) is 1. The number of carbonyl (C=O) groups excluding carboxylic acids is 4. The van der Waals surface area contributed by atoms with Crippen LogP contribution in [0.5, 0.6) is 0 Å². The zero-order chi connectivity index (χ0) is 14.1. The fourth-order valence-corrected chi connectivity index (χ4v) is 1.36. The molecule has 1 saturated heterocycles. The van der Waals surface area contributed by atoms with Crippen molar-refractivity contribution >= 4 is 23.6 Å². The predicted molar refractivity (Wildman–Crippen MR) is 63.5 cm³/mol. The fraction of sp³-hybridized carbons (Fsp3) is 0.500. The van der Waals surface area contributed by atoms with Gasteiger partial charge < -0.3 is 0 Å². The van der Waals surface area contributed by atoms with Crippen molar-refractivity contribution in [2.45, 2.75) is 20.8 Å². The van der Waals surface area contributed by atoms with Gasteiger partial charge in [0.2, 0.25) is 0 Å². The van der Waals surface area contributed by atoms with Crippen molar-refractivity contribution < 1.29 is 19.2 Å². The van der Waals surface area contributed by atoms with Gasteiger partial charge in [-0.3, -0.25) is 19.3 Å². The minimum atomic E-state index is -0.959. The number of rotatable bonds is 4. The van der Waals surface area contributed by atoms with Gasteiger partial charge in [0.1, 0.15) is 0 Å². The third kappa shape index (κ3) is 2.47. The molecular formula is C12H16N2O4. The van der Waals surface area contributed by atoms with Crippen LogP contribution < -0.4 is 0 Å². The number of carbonyl (C=O) groups is 4. The number of hydrogen-bond acceptors (Lipinski definition) is 4. The summed E-state index contributed by atoms with van der Waals surface area (Å²) in [4.78, 5) is 48.1. The van der Waals surface area contributed by atoms with Crippen LogP contribution >= 0.6 is 0 Å². The van der Waals surface area contributed by atoms with Crippen LogP contribution in [0.25, 0.3) is 0 Å². The van der Waals surface area contributed by atoms with Crippen molar-refractivity contribution in [3.05, 3.63) is 12.7 Å². The highest BCUT2D eigenvalue weighted by Gasteiger charge is 2.45. The standard InChI is InChI=1S/C12H16N2O4/c1-5-6-13-9(16)10(17)14(11(13)18)7-8(15)12(2,3)4/h5H,1,6-7H2,2-4H3. The van der Waals surface area contributed by atoms with E-state index in [-0.39, 0.29) is 18.9 Å². The third-order valence-corrected chi connectivity index (χ3v) is 2.58. The van der Waals surface area contributed by atoms with E-state index in [9.17, 15) is 19.2 Å². The molecule has 0 aromatic heterocycles. The fourth-order valence-electron chi connectivity index (χ4n) is 1.36. The molecule has 4 amide bonds. The Balaban J connectivity index is 2.89. The van der Waals surface area contributed by atoms with Gasteiger partial charge in [-0.1, -0.05) is 26.8 Å². The van der Waals surface area contributed by atoms with E-state index in [4.69, 9.17) is 0 Å². The highest BCUT2D eigenvalue weighted by molar-refractivity contribution is 6.45. The number of imide groups is 2. The number of ketones is 1. The zero-order valence-corrected chi connectivity index (χ0v) is 10.7. The lowest BCUT2D eigenvalue weighted by Crippen LogP contribution is -2.40. The molecule has 0 spiro atoms. The second-order valence-electron chi connectivity index (χ2n) is 5.05. The predicted octanol–water partition coefficient (Wildman–Crippen LogP) is 0.578. The topological polar surface area (TPSA) is 74.8 Å². The normalized spacial score (nSPS) is 16.5. The molecule has 1 aliphatic heterocycles. The molecule has 0 aromatic rings. The van der Waals surface area contributed by atoms with Gasteiger partial charge in [-0.2, -0.15) is 0 Å². The summed E-state index contributed by atoms with van der Waals surface area (Å²) in [6, 6.07) is -0.762. The number of amides is 4. The minimum absolute atomic E-state index is 0.0381. The SMILES string of the molecule is C=CCN1C(=O)C(=O)N(CC(=O)C(C)(C)C)C1=O. The van der Waals surface area contributed by atoms with Crippen LogP contribution in [0.2, 0.25) is 0 Å². The highest BCUT2D eigenvalue weighted by Crippen LogP contribution is 2.18. The van der Waals surface area contributed by atoms with Gasteiger partial charge in [0.25, 0.3) is 0 Å². The van der Waals surface area contributed by atoms with Gasteiger partial charge in [0.15, 0.2) is 5.78 Å². The molecule has 18 heavy (non-hydrogen) atoms. The van der Waals surface area contributed by atoms with E-state index in [0.29, 0.717) is 4.90 Å². The lowest BCUT2D eigenvalue weighted by molar-refractivity contribution is -0.144. The van der Waals surface area contributed by atoms with Crippen molar-refractivity contribution in [2.75, 3.05) is 13.1 Å². The van der Waals surface area contributed by atoms with Crippen LogP contribution in [0.15, 0.2) is 12.7 Å². The molecule has 0 aliphatic carbocycles. The van der Waals surface area contributed by atoms with Crippen molar-refractivity contribution in [2.24, 2.45) is 5.41 Å². The summed E-state index contributed by atoms with van der Waals surface area (Å²) < 4.78 is 0. The molecule has 6 nitrogen and oxygen atoms in total. The monoisotopic (exact) mass is 252 g/mol. The van der Waals surface area contributed by atoms with Gasteiger partial charge in [0, 0.05) is 12.0 Å². The molecule has 1 heterocycles. The first-order valence-electron chi connectivity index (χ1n) is 5.51. The molecule has 98 valence electrons. The first-order valence-corrected chi connectivity index (χ1v) is 5.51. The van der Waals surface area contributed by atoms with Crippen LogP contribution in [-0.4, -0.2) is 46.5 Å². The lowest BCUT2D eigenvalue weighted by atomic mass is 9.90. The summed E-state index contributed by atoms with van der Waals surface area (Å²) in [5.41, 5.74) is -0.671. The van der Waals surface area contributed by atoms with Crippen LogP contribution in [0.1, 0.15) is 20.8 Å². The lowest BCUT2D eigenvalue weighted by Gasteiger charge is -2.20. The second-order valence-corrected chi connectivity index (χ2v) is 5.05. The van der Waals surface area contributed by atoms with Gasteiger partial charge in [-0.05, 0) is 0 Å². The van der Waals surface area contributed by atoms with Crippen LogP contribution in [-0.2, 0) is 14.4 Å². The first-order chi connectivity index (χ1) is 8.20. The summed E-state index contributed by atoms with van der Waals surface area (Å²) in [6.45, 7) is 8.04. The minimum Gasteiger partial charge on any atom is -0.297 e. The molecule has 0 radical (unpaired) electrons. The maximum Gasteiger partial charge on any atom is 0.334 e. The van der Waals surface area contributed by atoms with Crippen molar-refractivity contribution in [1.82, 2.24) is 9.80 Å².